The number of benzene rings is 2. The molecule has 2 N–H and O–H groups in total. The third kappa shape index (κ3) is 6.44. The van der Waals surface area contributed by atoms with Crippen molar-refractivity contribution in [3.63, 3.8) is 0 Å². The van der Waals surface area contributed by atoms with Gasteiger partial charge in [0.15, 0.2) is 11.5 Å². The fraction of sp³-hybridized carbons (Fsp3) is 0.423. The van der Waals surface area contributed by atoms with E-state index in [4.69, 9.17) is 14.2 Å². The Bertz CT molecular complexity index is 1080. The summed E-state index contributed by atoms with van der Waals surface area (Å²) in [4.78, 5) is 39.4. The van der Waals surface area contributed by atoms with Crippen LogP contribution >= 0.6 is 0 Å². The Hall–Kier alpha value is -3.82. The molecular formula is C26H32FN3O6. The molecule has 3 rings (SSSR count). The van der Waals surface area contributed by atoms with Crippen molar-refractivity contribution in [3.8, 4) is 17.2 Å². The van der Waals surface area contributed by atoms with E-state index >= 15 is 0 Å². The highest BCUT2D eigenvalue weighted by atomic mass is 19.1. The minimum absolute atomic E-state index is 0.0382. The molecule has 0 radical (unpaired) electrons. The number of ether oxygens (including phenoxy) is 3. The normalized spacial score (nSPS) is 14.5. The number of piperidine rings is 1. The average molecular weight is 502 g/mol. The summed E-state index contributed by atoms with van der Waals surface area (Å²) in [7, 11) is 4.47. The van der Waals surface area contributed by atoms with Crippen LogP contribution in [-0.2, 0) is 16.0 Å². The number of nitrogens with one attached hydrogen (secondary N) is 2. The lowest BCUT2D eigenvalue weighted by Gasteiger charge is -2.33. The van der Waals surface area contributed by atoms with E-state index in [0.717, 1.165) is 0 Å². The molecule has 2 aromatic rings. The van der Waals surface area contributed by atoms with E-state index in [1.807, 2.05) is 0 Å². The molecule has 0 saturated carbocycles. The largest absolute Gasteiger partial charge is 0.493 e. The van der Waals surface area contributed by atoms with Crippen LogP contribution in [0, 0.1) is 5.82 Å². The van der Waals surface area contributed by atoms with Crippen LogP contribution in [-0.4, -0.2) is 69.1 Å². The molecule has 36 heavy (non-hydrogen) atoms. The van der Waals surface area contributed by atoms with Crippen molar-refractivity contribution in [2.24, 2.45) is 0 Å². The Morgan fingerprint density at radius 1 is 1.03 bits per heavy atom. The van der Waals surface area contributed by atoms with Gasteiger partial charge < -0.3 is 29.7 Å². The summed E-state index contributed by atoms with van der Waals surface area (Å²) < 4.78 is 30.1. The quantitative estimate of drug-likeness (QED) is 0.546. The van der Waals surface area contributed by atoms with E-state index in [-0.39, 0.29) is 30.2 Å². The van der Waals surface area contributed by atoms with E-state index in [2.05, 4.69) is 10.6 Å². The van der Waals surface area contributed by atoms with Gasteiger partial charge in [0.1, 0.15) is 11.9 Å². The molecule has 1 atom stereocenters. The minimum atomic E-state index is -0.904. The number of likely N-dealkylation sites (tertiary alicyclic amines) is 1. The van der Waals surface area contributed by atoms with Crippen LogP contribution in [0.15, 0.2) is 36.4 Å². The van der Waals surface area contributed by atoms with Gasteiger partial charge in [-0.3, -0.25) is 14.4 Å². The molecule has 0 spiro atoms. The van der Waals surface area contributed by atoms with Gasteiger partial charge in [-0.2, -0.15) is 0 Å². The molecule has 3 amide bonds. The second-order valence-corrected chi connectivity index (χ2v) is 8.54. The maximum atomic E-state index is 14.1. The van der Waals surface area contributed by atoms with Crippen LogP contribution in [0.25, 0.3) is 0 Å². The van der Waals surface area contributed by atoms with Crippen molar-refractivity contribution in [1.29, 1.82) is 0 Å². The highest BCUT2D eigenvalue weighted by molar-refractivity contribution is 5.95. The third-order valence-corrected chi connectivity index (χ3v) is 6.12. The van der Waals surface area contributed by atoms with Crippen molar-refractivity contribution in [2.75, 3.05) is 34.4 Å². The van der Waals surface area contributed by atoms with Crippen LogP contribution in [0.3, 0.4) is 0 Å². The number of hydrogen-bond acceptors (Lipinski definition) is 6. The molecule has 1 aliphatic rings. The molecule has 10 heteroatoms. The molecular weight excluding hydrogens is 469 g/mol. The zero-order valence-electron chi connectivity index (χ0n) is 20.9. The number of hydrogen-bond donors (Lipinski definition) is 2. The first-order valence-corrected chi connectivity index (χ1v) is 11.7. The van der Waals surface area contributed by atoms with Crippen LogP contribution < -0.4 is 24.8 Å². The molecule has 1 fully saturated rings. The summed E-state index contributed by atoms with van der Waals surface area (Å²) in [5.74, 6) is -0.196. The maximum Gasteiger partial charge on any atom is 0.254 e. The topological polar surface area (TPSA) is 106 Å². The summed E-state index contributed by atoms with van der Waals surface area (Å²) in [6, 6.07) is 8.29. The number of methoxy groups -OCH3 is 3. The third-order valence-electron chi connectivity index (χ3n) is 6.12. The molecule has 0 aromatic heterocycles. The van der Waals surface area contributed by atoms with Gasteiger partial charge in [-0.25, -0.2) is 4.39 Å². The highest BCUT2D eigenvalue weighted by Gasteiger charge is 2.29. The number of nitrogens with zero attached hydrogens (tertiary/aromatic N) is 1. The maximum absolute atomic E-state index is 14.1. The van der Waals surface area contributed by atoms with E-state index < -0.39 is 11.9 Å². The molecule has 9 nitrogen and oxygen atoms in total. The first kappa shape index (κ1) is 26.8. The Kier molecular flexibility index (Phi) is 9.10. The number of amides is 3. The van der Waals surface area contributed by atoms with Gasteiger partial charge in [0.2, 0.25) is 17.6 Å². The average Bonchev–Trinajstić information content (AvgIpc) is 2.88. The molecule has 1 aliphatic heterocycles. The van der Waals surface area contributed by atoms with Gasteiger partial charge in [0, 0.05) is 38.0 Å². The van der Waals surface area contributed by atoms with E-state index in [1.165, 1.54) is 34.3 Å². The fourth-order valence-corrected chi connectivity index (χ4v) is 4.25. The van der Waals surface area contributed by atoms with Crippen molar-refractivity contribution < 1.29 is 33.0 Å². The van der Waals surface area contributed by atoms with Gasteiger partial charge in [-0.1, -0.05) is 18.2 Å². The Morgan fingerprint density at radius 2 is 1.64 bits per heavy atom. The molecule has 1 saturated heterocycles. The van der Waals surface area contributed by atoms with Crippen LogP contribution in [0.5, 0.6) is 17.2 Å². The summed E-state index contributed by atoms with van der Waals surface area (Å²) >= 11 is 0. The molecule has 0 bridgehead atoms. The van der Waals surface area contributed by atoms with Gasteiger partial charge in [-0.05, 0) is 36.6 Å². The summed E-state index contributed by atoms with van der Waals surface area (Å²) in [5, 5.41) is 5.55. The van der Waals surface area contributed by atoms with Crippen LogP contribution in [0.4, 0.5) is 4.39 Å². The first-order chi connectivity index (χ1) is 17.3. The summed E-state index contributed by atoms with van der Waals surface area (Å²) in [5.41, 5.74) is 0.750. The number of carbonyl (C=O) groups is 3. The highest BCUT2D eigenvalue weighted by Crippen LogP contribution is 2.38. The van der Waals surface area contributed by atoms with Crippen LogP contribution in [0.1, 0.15) is 35.7 Å². The second-order valence-electron chi connectivity index (χ2n) is 8.54. The molecule has 0 aliphatic carbocycles. The lowest BCUT2D eigenvalue weighted by Crippen LogP contribution is -2.53. The lowest BCUT2D eigenvalue weighted by atomic mass is 10.0. The monoisotopic (exact) mass is 501 g/mol. The van der Waals surface area contributed by atoms with E-state index in [1.54, 1.807) is 35.2 Å². The molecule has 194 valence electrons. The SMILES string of the molecule is COc1cc(C(=O)N2CCC(NC(=O)[C@@H](Cc3ccccc3F)NC(C)=O)CC2)cc(OC)c1OC. The predicted molar refractivity (Wildman–Crippen MR) is 131 cm³/mol. The fourth-order valence-electron chi connectivity index (χ4n) is 4.25. The Balaban J connectivity index is 1.62. The first-order valence-electron chi connectivity index (χ1n) is 11.7. The van der Waals surface area contributed by atoms with Gasteiger partial charge >= 0.3 is 0 Å². The van der Waals surface area contributed by atoms with Gasteiger partial charge in [0.05, 0.1) is 21.3 Å². The molecule has 0 unspecified atom stereocenters. The van der Waals surface area contributed by atoms with Crippen molar-refractivity contribution in [3.05, 3.63) is 53.3 Å². The van der Waals surface area contributed by atoms with Gasteiger partial charge in [-0.15, -0.1) is 0 Å². The second kappa shape index (κ2) is 12.2. The lowest BCUT2D eigenvalue weighted by molar-refractivity contribution is -0.128. The zero-order chi connectivity index (χ0) is 26.2. The number of rotatable bonds is 9. The van der Waals surface area contributed by atoms with Gasteiger partial charge in [0.25, 0.3) is 5.91 Å². The molecule has 2 aromatic carbocycles. The Labute approximate surface area is 209 Å². The minimum Gasteiger partial charge on any atom is -0.493 e. The smallest absolute Gasteiger partial charge is 0.254 e. The number of carbonyl (C=O) groups excluding carboxylic acids is 3. The van der Waals surface area contributed by atoms with Crippen LogP contribution in [0.2, 0.25) is 0 Å². The summed E-state index contributed by atoms with van der Waals surface area (Å²) in [6.45, 7) is 2.17. The molecule has 1 heterocycles. The number of halogens is 1. The summed E-state index contributed by atoms with van der Waals surface area (Å²) in [6.07, 6.45) is 1.11. The zero-order valence-corrected chi connectivity index (χ0v) is 20.9. The predicted octanol–water partition coefficient (Wildman–Crippen LogP) is 2.32. The standard InChI is InChI=1S/C26H32FN3O6/c1-16(31)28-21(13-17-7-5-6-8-20(17)27)25(32)29-19-9-11-30(12-10-19)26(33)18-14-22(34-2)24(36-4)23(15-18)35-3/h5-8,14-15,19,21H,9-13H2,1-4H3,(H,28,31)(H,29,32)/t21-/m1/s1. The van der Waals surface area contributed by atoms with E-state index in [9.17, 15) is 18.8 Å². The van der Waals surface area contributed by atoms with Crippen molar-refractivity contribution >= 4 is 17.7 Å². The van der Waals surface area contributed by atoms with Crippen molar-refractivity contribution in [2.45, 2.75) is 38.3 Å². The van der Waals surface area contributed by atoms with Crippen molar-refractivity contribution in [1.82, 2.24) is 15.5 Å². The van der Waals surface area contributed by atoms with E-state index in [0.29, 0.717) is 54.3 Å². The Morgan fingerprint density at radius 3 is 2.17 bits per heavy atom.